The number of nitrogens with one attached hydrogen (secondary N) is 1. The Kier molecular flexibility index (Phi) is 4.38. The van der Waals surface area contributed by atoms with Crippen molar-refractivity contribution in [1.29, 1.82) is 0 Å². The largest absolute Gasteiger partial charge is 0.327 e. The van der Waals surface area contributed by atoms with Crippen LogP contribution in [0.15, 0.2) is 18.2 Å². The van der Waals surface area contributed by atoms with Crippen molar-refractivity contribution in [1.82, 2.24) is 0 Å². The fraction of sp³-hybridized carbons (Fsp3) is 0.417. The third kappa shape index (κ3) is 3.27. The maximum absolute atomic E-state index is 11.8. The third-order valence-corrected chi connectivity index (χ3v) is 2.81. The van der Waals surface area contributed by atoms with E-state index in [0.717, 1.165) is 5.56 Å². The van der Waals surface area contributed by atoms with Crippen molar-refractivity contribution < 1.29 is 9.72 Å². The van der Waals surface area contributed by atoms with Gasteiger partial charge in [-0.15, -0.1) is 0 Å². The first-order chi connectivity index (χ1) is 8.32. The molecule has 1 aromatic carbocycles. The van der Waals surface area contributed by atoms with Crippen LogP contribution in [-0.4, -0.2) is 16.9 Å². The summed E-state index contributed by atoms with van der Waals surface area (Å²) in [6, 6.07) is 4.35. The van der Waals surface area contributed by atoms with Gasteiger partial charge in [0.15, 0.2) is 0 Å². The molecule has 0 heterocycles. The van der Waals surface area contributed by atoms with E-state index in [9.17, 15) is 14.9 Å². The normalized spacial score (nSPS) is 13.8. The molecule has 1 aromatic rings. The predicted molar refractivity (Wildman–Crippen MR) is 69.3 cm³/mol. The molecule has 0 saturated heterocycles. The highest BCUT2D eigenvalue weighted by Gasteiger charge is 2.21. The first kappa shape index (κ1) is 14.1. The lowest BCUT2D eigenvalue weighted by Crippen LogP contribution is -2.34. The van der Waals surface area contributed by atoms with E-state index in [1.807, 2.05) is 0 Å². The summed E-state index contributed by atoms with van der Waals surface area (Å²) in [5, 5.41) is 13.4. The maximum atomic E-state index is 11.8. The molecule has 6 nitrogen and oxygen atoms in total. The second kappa shape index (κ2) is 5.59. The van der Waals surface area contributed by atoms with Gasteiger partial charge in [-0.1, -0.05) is 13.0 Å². The number of amides is 1. The molecule has 0 aromatic heterocycles. The number of anilines is 1. The highest BCUT2D eigenvalue weighted by atomic mass is 16.6. The molecule has 0 aliphatic carbocycles. The number of carbonyl (C=O) groups is 1. The van der Waals surface area contributed by atoms with E-state index in [1.54, 1.807) is 26.8 Å². The lowest BCUT2D eigenvalue weighted by molar-refractivity contribution is -0.384. The molecule has 6 heteroatoms. The zero-order valence-corrected chi connectivity index (χ0v) is 10.6. The molecule has 1 rings (SSSR count). The summed E-state index contributed by atoms with van der Waals surface area (Å²) in [5.74, 6) is -0.733. The first-order valence-corrected chi connectivity index (χ1v) is 5.64. The zero-order chi connectivity index (χ0) is 13.9. The molecular formula is C12H17N3O3. The fourth-order valence-electron chi connectivity index (χ4n) is 1.38. The third-order valence-electron chi connectivity index (χ3n) is 2.81. The zero-order valence-electron chi connectivity index (χ0n) is 10.6. The predicted octanol–water partition coefficient (Wildman–Crippen LogP) is 1.83. The highest BCUT2D eigenvalue weighted by molar-refractivity contribution is 5.94. The number of nitrogens with zero attached hydrogens (tertiary/aromatic N) is 1. The van der Waals surface area contributed by atoms with E-state index in [1.165, 1.54) is 12.1 Å². The summed E-state index contributed by atoms with van der Waals surface area (Å²) in [6.07, 6.45) is 0. The van der Waals surface area contributed by atoms with Crippen LogP contribution in [0.25, 0.3) is 0 Å². The van der Waals surface area contributed by atoms with Gasteiger partial charge in [-0.25, -0.2) is 0 Å². The summed E-state index contributed by atoms with van der Waals surface area (Å²) in [4.78, 5) is 22.2. The summed E-state index contributed by atoms with van der Waals surface area (Å²) in [5.41, 5.74) is 6.47. The van der Waals surface area contributed by atoms with Crippen molar-refractivity contribution >= 4 is 17.3 Å². The van der Waals surface area contributed by atoms with E-state index in [4.69, 9.17) is 5.73 Å². The Balaban J connectivity index is 2.98. The highest BCUT2D eigenvalue weighted by Crippen LogP contribution is 2.25. The maximum Gasteiger partial charge on any atom is 0.293 e. The summed E-state index contributed by atoms with van der Waals surface area (Å²) < 4.78 is 0. The van der Waals surface area contributed by atoms with Crippen molar-refractivity contribution in [3.63, 3.8) is 0 Å². The van der Waals surface area contributed by atoms with E-state index in [-0.39, 0.29) is 23.3 Å². The standard InChI is InChI=1S/C12H17N3O3/c1-7-4-5-10(11(6-7)15(17)18)14-12(16)8(2)9(3)13/h4-6,8-9H,13H2,1-3H3,(H,14,16). The van der Waals surface area contributed by atoms with E-state index in [2.05, 4.69) is 5.32 Å². The summed E-state index contributed by atoms with van der Waals surface area (Å²) in [6.45, 7) is 5.15. The summed E-state index contributed by atoms with van der Waals surface area (Å²) >= 11 is 0. The van der Waals surface area contributed by atoms with E-state index < -0.39 is 10.8 Å². The molecule has 0 radical (unpaired) electrons. The number of nitro benzene ring substituents is 1. The monoisotopic (exact) mass is 251 g/mol. The van der Waals surface area contributed by atoms with Crippen LogP contribution in [0.1, 0.15) is 19.4 Å². The molecule has 2 unspecified atom stereocenters. The molecule has 3 N–H and O–H groups in total. The van der Waals surface area contributed by atoms with Gasteiger partial charge in [-0.2, -0.15) is 0 Å². The minimum Gasteiger partial charge on any atom is -0.327 e. The van der Waals surface area contributed by atoms with Gasteiger partial charge in [0.25, 0.3) is 5.69 Å². The molecule has 0 aliphatic rings. The molecule has 0 saturated carbocycles. The number of nitrogens with two attached hydrogens (primary N) is 1. The number of hydrogen-bond donors (Lipinski definition) is 2. The Morgan fingerprint density at radius 1 is 1.44 bits per heavy atom. The molecule has 2 atom stereocenters. The van der Waals surface area contributed by atoms with Gasteiger partial charge in [0.05, 0.1) is 10.8 Å². The van der Waals surface area contributed by atoms with E-state index >= 15 is 0 Å². The van der Waals surface area contributed by atoms with Crippen LogP contribution >= 0.6 is 0 Å². The lowest BCUT2D eigenvalue weighted by atomic mass is 10.0. The second-order valence-corrected chi connectivity index (χ2v) is 4.41. The SMILES string of the molecule is Cc1ccc(NC(=O)C(C)C(C)N)c([N+](=O)[O-])c1. The van der Waals surface area contributed by atoms with E-state index in [0.29, 0.717) is 0 Å². The van der Waals surface area contributed by atoms with Crippen LogP contribution in [0, 0.1) is 23.0 Å². The van der Waals surface area contributed by atoms with Crippen LogP contribution in [-0.2, 0) is 4.79 Å². The minimum atomic E-state index is -0.515. The second-order valence-electron chi connectivity index (χ2n) is 4.41. The van der Waals surface area contributed by atoms with Gasteiger partial charge in [-0.3, -0.25) is 14.9 Å². The molecule has 0 spiro atoms. The van der Waals surface area contributed by atoms with Gasteiger partial charge in [0.2, 0.25) is 5.91 Å². The van der Waals surface area contributed by atoms with Gasteiger partial charge >= 0.3 is 0 Å². The van der Waals surface area contributed by atoms with Gasteiger partial charge < -0.3 is 11.1 Å². The Labute approximate surface area is 105 Å². The smallest absolute Gasteiger partial charge is 0.293 e. The number of nitro groups is 1. The van der Waals surface area contributed by atoms with Gasteiger partial charge in [0, 0.05) is 12.1 Å². The van der Waals surface area contributed by atoms with Crippen LogP contribution in [0.4, 0.5) is 11.4 Å². The molecule has 0 bridgehead atoms. The quantitative estimate of drug-likeness (QED) is 0.630. The van der Waals surface area contributed by atoms with Crippen molar-refractivity contribution in [3.8, 4) is 0 Å². The Morgan fingerprint density at radius 3 is 2.56 bits per heavy atom. The number of benzene rings is 1. The average Bonchev–Trinajstić information content (AvgIpc) is 2.29. The van der Waals surface area contributed by atoms with Crippen LogP contribution < -0.4 is 11.1 Å². The topological polar surface area (TPSA) is 98.3 Å². The number of hydrogen-bond acceptors (Lipinski definition) is 4. The fourth-order valence-corrected chi connectivity index (χ4v) is 1.38. The van der Waals surface area contributed by atoms with Crippen molar-refractivity contribution in [3.05, 3.63) is 33.9 Å². The average molecular weight is 251 g/mol. The first-order valence-electron chi connectivity index (χ1n) is 5.64. The Morgan fingerprint density at radius 2 is 2.06 bits per heavy atom. The molecular weight excluding hydrogens is 234 g/mol. The number of carbonyl (C=O) groups excluding carboxylic acids is 1. The summed E-state index contributed by atoms with van der Waals surface area (Å²) in [7, 11) is 0. The van der Waals surface area contributed by atoms with Crippen LogP contribution in [0.3, 0.4) is 0 Å². The van der Waals surface area contributed by atoms with Crippen LogP contribution in [0.2, 0.25) is 0 Å². The molecule has 0 aliphatic heterocycles. The van der Waals surface area contributed by atoms with Crippen LogP contribution in [0.5, 0.6) is 0 Å². The van der Waals surface area contributed by atoms with Crippen molar-refractivity contribution in [2.75, 3.05) is 5.32 Å². The molecule has 98 valence electrons. The minimum absolute atomic E-state index is 0.111. The molecule has 0 fully saturated rings. The number of rotatable bonds is 4. The van der Waals surface area contributed by atoms with Crippen molar-refractivity contribution in [2.24, 2.45) is 11.7 Å². The Bertz CT molecular complexity index is 472. The molecule has 18 heavy (non-hydrogen) atoms. The van der Waals surface area contributed by atoms with Gasteiger partial charge in [0.1, 0.15) is 5.69 Å². The van der Waals surface area contributed by atoms with Gasteiger partial charge in [-0.05, 0) is 25.5 Å². The lowest BCUT2D eigenvalue weighted by Gasteiger charge is -2.15. The van der Waals surface area contributed by atoms with Crippen molar-refractivity contribution in [2.45, 2.75) is 26.8 Å². The Hall–Kier alpha value is -1.95. The molecule has 1 amide bonds. The number of aryl methyl sites for hydroxylation is 1.